The number of carbonyl (C=O) groups excluding carboxylic acids is 4. The molecule has 1 heterocycles. The van der Waals surface area contributed by atoms with Crippen LogP contribution in [-0.4, -0.2) is 41.0 Å². The molecule has 114 valence electrons. The minimum Gasteiger partial charge on any atom is -0.345 e. The quantitative estimate of drug-likeness (QED) is 0.497. The van der Waals surface area contributed by atoms with Crippen LogP contribution in [0.15, 0.2) is 12.2 Å². The molecule has 0 fully saturated rings. The summed E-state index contributed by atoms with van der Waals surface area (Å²) in [5.74, 6) is 3.07. The standard InChI is InChI=1S/C16H16N2O4/c1-3-5-7-13(19)12(6-4-2)17-14(20)10-11-18-15(21)8-9-16(18)22/h1-2,8-9,12H,5-7,10-11H2,(H,17,20)/t12-/m1/s1. The zero-order valence-corrected chi connectivity index (χ0v) is 12.0. The van der Waals surface area contributed by atoms with Gasteiger partial charge in [0, 0.05) is 44.4 Å². The average Bonchev–Trinajstić information content (AvgIpc) is 2.81. The molecule has 0 bridgehead atoms. The summed E-state index contributed by atoms with van der Waals surface area (Å²) in [6.45, 7) is -0.0438. The number of imide groups is 1. The van der Waals surface area contributed by atoms with Gasteiger partial charge in [-0.15, -0.1) is 24.7 Å². The van der Waals surface area contributed by atoms with Crippen molar-refractivity contribution < 1.29 is 19.2 Å². The predicted molar refractivity (Wildman–Crippen MR) is 78.9 cm³/mol. The van der Waals surface area contributed by atoms with Gasteiger partial charge >= 0.3 is 0 Å². The van der Waals surface area contributed by atoms with E-state index in [0.717, 1.165) is 17.1 Å². The van der Waals surface area contributed by atoms with Crippen LogP contribution < -0.4 is 5.32 Å². The van der Waals surface area contributed by atoms with Crippen LogP contribution >= 0.6 is 0 Å². The molecule has 1 atom stereocenters. The fourth-order valence-electron chi connectivity index (χ4n) is 1.86. The topological polar surface area (TPSA) is 83.6 Å². The highest BCUT2D eigenvalue weighted by molar-refractivity contribution is 6.13. The van der Waals surface area contributed by atoms with E-state index < -0.39 is 23.8 Å². The van der Waals surface area contributed by atoms with Gasteiger partial charge in [-0.05, 0) is 0 Å². The van der Waals surface area contributed by atoms with Crippen molar-refractivity contribution in [3.05, 3.63) is 12.2 Å². The zero-order valence-electron chi connectivity index (χ0n) is 12.0. The SMILES string of the molecule is C#CCCC(=O)[C@@H](CC#C)NC(=O)CCN1C(=O)C=CC1=O. The van der Waals surface area contributed by atoms with Crippen LogP contribution in [0, 0.1) is 24.7 Å². The van der Waals surface area contributed by atoms with Gasteiger partial charge in [0.15, 0.2) is 5.78 Å². The first-order chi connectivity index (χ1) is 10.5. The highest BCUT2D eigenvalue weighted by atomic mass is 16.2. The van der Waals surface area contributed by atoms with Crippen LogP contribution in [0.3, 0.4) is 0 Å². The highest BCUT2D eigenvalue weighted by Crippen LogP contribution is 2.05. The molecule has 3 amide bonds. The summed E-state index contributed by atoms with van der Waals surface area (Å²) in [6, 6.07) is -0.797. The van der Waals surface area contributed by atoms with Crippen LogP contribution in [0.5, 0.6) is 0 Å². The molecule has 1 aliphatic heterocycles. The second-order valence-corrected chi connectivity index (χ2v) is 4.61. The van der Waals surface area contributed by atoms with Gasteiger partial charge < -0.3 is 5.32 Å². The Kier molecular flexibility index (Phi) is 6.59. The Morgan fingerprint density at radius 1 is 1.14 bits per heavy atom. The number of hydrogen-bond donors (Lipinski definition) is 1. The lowest BCUT2D eigenvalue weighted by Gasteiger charge is -2.17. The summed E-state index contributed by atoms with van der Waals surface area (Å²) in [4.78, 5) is 47.3. The maximum Gasteiger partial charge on any atom is 0.253 e. The third-order valence-electron chi connectivity index (χ3n) is 3.02. The van der Waals surface area contributed by atoms with Crippen LogP contribution in [0.4, 0.5) is 0 Å². The Hall–Kier alpha value is -2.86. The van der Waals surface area contributed by atoms with Crippen molar-refractivity contribution in [3.63, 3.8) is 0 Å². The predicted octanol–water partition coefficient (Wildman–Crippen LogP) is -0.208. The van der Waals surface area contributed by atoms with Crippen LogP contribution in [-0.2, 0) is 19.2 Å². The molecular weight excluding hydrogens is 284 g/mol. The first-order valence-electron chi connectivity index (χ1n) is 6.72. The Morgan fingerprint density at radius 2 is 1.77 bits per heavy atom. The molecule has 0 saturated heterocycles. The van der Waals surface area contributed by atoms with E-state index >= 15 is 0 Å². The van der Waals surface area contributed by atoms with E-state index in [9.17, 15) is 19.2 Å². The lowest BCUT2D eigenvalue weighted by atomic mass is 10.0. The minimum absolute atomic E-state index is 0.0438. The summed E-state index contributed by atoms with van der Waals surface area (Å²) in [7, 11) is 0. The van der Waals surface area contributed by atoms with Gasteiger partial charge in [-0.25, -0.2) is 0 Å². The molecule has 6 heteroatoms. The number of rotatable bonds is 8. The van der Waals surface area contributed by atoms with E-state index in [2.05, 4.69) is 17.2 Å². The van der Waals surface area contributed by atoms with Crippen molar-refractivity contribution in [2.45, 2.75) is 31.7 Å². The largest absolute Gasteiger partial charge is 0.345 e. The number of ketones is 1. The number of hydrogen-bond acceptors (Lipinski definition) is 4. The number of nitrogens with zero attached hydrogens (tertiary/aromatic N) is 1. The Labute approximate surface area is 128 Å². The fourth-order valence-corrected chi connectivity index (χ4v) is 1.86. The van der Waals surface area contributed by atoms with Crippen molar-refractivity contribution in [2.75, 3.05) is 6.54 Å². The van der Waals surface area contributed by atoms with Crippen LogP contribution in [0.2, 0.25) is 0 Å². The third-order valence-corrected chi connectivity index (χ3v) is 3.02. The molecule has 22 heavy (non-hydrogen) atoms. The summed E-state index contributed by atoms with van der Waals surface area (Å²) in [5, 5.41) is 2.51. The monoisotopic (exact) mass is 300 g/mol. The number of Topliss-reactive ketones (excluding diaryl/α,β-unsaturated/α-hetero) is 1. The lowest BCUT2D eigenvalue weighted by molar-refractivity contribution is -0.137. The maximum absolute atomic E-state index is 11.9. The molecule has 0 unspecified atom stereocenters. The molecular formula is C16H16N2O4. The van der Waals surface area contributed by atoms with Crippen molar-refractivity contribution >= 4 is 23.5 Å². The lowest BCUT2D eigenvalue weighted by Crippen LogP contribution is -2.42. The number of nitrogens with one attached hydrogen (secondary N) is 1. The fraction of sp³-hybridized carbons (Fsp3) is 0.375. The molecule has 0 aromatic rings. The maximum atomic E-state index is 11.9. The van der Waals surface area contributed by atoms with Crippen molar-refractivity contribution in [1.82, 2.24) is 10.2 Å². The average molecular weight is 300 g/mol. The normalized spacial score (nSPS) is 14.4. The Bertz CT molecular complexity index is 574. The van der Waals surface area contributed by atoms with E-state index in [0.29, 0.717) is 0 Å². The Morgan fingerprint density at radius 3 is 2.32 bits per heavy atom. The molecule has 1 N–H and O–H groups in total. The van der Waals surface area contributed by atoms with Crippen molar-refractivity contribution in [3.8, 4) is 24.7 Å². The minimum atomic E-state index is -0.797. The van der Waals surface area contributed by atoms with Gasteiger partial charge in [0.25, 0.3) is 11.8 Å². The van der Waals surface area contributed by atoms with Gasteiger partial charge in [-0.3, -0.25) is 24.1 Å². The number of carbonyl (C=O) groups is 4. The molecule has 0 saturated carbocycles. The van der Waals surface area contributed by atoms with Gasteiger partial charge in [0.1, 0.15) is 0 Å². The number of terminal acetylenes is 2. The second kappa shape index (κ2) is 8.43. The number of amides is 3. The molecule has 1 aliphatic rings. The molecule has 0 radical (unpaired) electrons. The molecule has 0 aliphatic carbocycles. The third kappa shape index (κ3) is 4.92. The first-order valence-corrected chi connectivity index (χ1v) is 6.72. The summed E-state index contributed by atoms with van der Waals surface area (Å²) < 4.78 is 0. The summed E-state index contributed by atoms with van der Waals surface area (Å²) in [6.07, 6.45) is 12.9. The smallest absolute Gasteiger partial charge is 0.253 e. The van der Waals surface area contributed by atoms with Gasteiger partial charge in [-0.2, -0.15) is 0 Å². The summed E-state index contributed by atoms with van der Waals surface area (Å²) >= 11 is 0. The zero-order chi connectivity index (χ0) is 16.5. The Balaban J connectivity index is 2.48. The van der Waals surface area contributed by atoms with Crippen molar-refractivity contribution in [1.29, 1.82) is 0 Å². The molecule has 0 aromatic carbocycles. The van der Waals surface area contributed by atoms with Crippen LogP contribution in [0.25, 0.3) is 0 Å². The molecule has 0 aromatic heterocycles. The van der Waals surface area contributed by atoms with Gasteiger partial charge in [0.05, 0.1) is 6.04 Å². The van der Waals surface area contributed by atoms with Gasteiger partial charge in [0.2, 0.25) is 5.91 Å². The summed E-state index contributed by atoms with van der Waals surface area (Å²) in [5.41, 5.74) is 0. The van der Waals surface area contributed by atoms with Crippen molar-refractivity contribution in [2.24, 2.45) is 0 Å². The van der Waals surface area contributed by atoms with E-state index in [1.807, 2.05) is 0 Å². The second-order valence-electron chi connectivity index (χ2n) is 4.61. The molecule has 1 rings (SSSR count). The van der Waals surface area contributed by atoms with E-state index in [4.69, 9.17) is 12.8 Å². The molecule has 0 spiro atoms. The van der Waals surface area contributed by atoms with E-state index in [1.165, 1.54) is 0 Å². The van der Waals surface area contributed by atoms with Gasteiger partial charge in [-0.1, -0.05) is 0 Å². The van der Waals surface area contributed by atoms with Crippen LogP contribution in [0.1, 0.15) is 25.7 Å². The molecule has 6 nitrogen and oxygen atoms in total. The first kappa shape index (κ1) is 17.2. The highest BCUT2D eigenvalue weighted by Gasteiger charge is 2.25. The van der Waals surface area contributed by atoms with E-state index in [1.54, 1.807) is 0 Å². The van der Waals surface area contributed by atoms with E-state index in [-0.39, 0.29) is 38.0 Å².